The van der Waals surface area contributed by atoms with E-state index < -0.39 is 33.7 Å². The van der Waals surface area contributed by atoms with Crippen molar-refractivity contribution in [1.29, 1.82) is 0 Å². The van der Waals surface area contributed by atoms with Crippen LogP contribution < -0.4 is 9.62 Å². The lowest BCUT2D eigenvalue weighted by Crippen LogP contribution is -2.47. The molecule has 0 aliphatic rings. The highest BCUT2D eigenvalue weighted by molar-refractivity contribution is 7.92. The highest BCUT2D eigenvalue weighted by Crippen LogP contribution is 2.31. The summed E-state index contributed by atoms with van der Waals surface area (Å²) in [6.07, 6.45) is -3.44. The van der Waals surface area contributed by atoms with E-state index in [2.05, 4.69) is 5.32 Å². The van der Waals surface area contributed by atoms with Crippen molar-refractivity contribution in [3.05, 3.63) is 60.2 Å². The fourth-order valence-corrected chi connectivity index (χ4v) is 3.85. The molecule has 1 amide bonds. The Morgan fingerprint density at radius 3 is 2.26 bits per heavy atom. The SMILES string of the molecule is CCC(C(=O)Nc1cccc(C(F)(F)F)c1)N(c1ccccc1)S(C)(=O)=O. The van der Waals surface area contributed by atoms with Crippen LogP contribution in [0.3, 0.4) is 0 Å². The van der Waals surface area contributed by atoms with Crippen molar-refractivity contribution < 1.29 is 26.4 Å². The zero-order valence-electron chi connectivity index (χ0n) is 14.7. The van der Waals surface area contributed by atoms with Crippen LogP contribution in [0.25, 0.3) is 0 Å². The summed E-state index contributed by atoms with van der Waals surface area (Å²) in [5, 5.41) is 2.38. The number of halogens is 3. The molecule has 1 atom stereocenters. The second-order valence-corrected chi connectivity index (χ2v) is 7.75. The number of amides is 1. The number of carbonyl (C=O) groups excluding carboxylic acids is 1. The number of nitrogens with zero attached hydrogens (tertiary/aromatic N) is 1. The Morgan fingerprint density at radius 1 is 1.11 bits per heavy atom. The molecule has 146 valence electrons. The molecule has 0 aliphatic heterocycles. The van der Waals surface area contributed by atoms with E-state index in [9.17, 15) is 26.4 Å². The van der Waals surface area contributed by atoms with Crippen molar-refractivity contribution in [2.75, 3.05) is 15.9 Å². The van der Waals surface area contributed by atoms with E-state index in [1.807, 2.05) is 0 Å². The van der Waals surface area contributed by atoms with Gasteiger partial charge in [-0.3, -0.25) is 9.10 Å². The molecular formula is C18H19F3N2O3S. The van der Waals surface area contributed by atoms with Crippen molar-refractivity contribution in [2.45, 2.75) is 25.6 Å². The maximum Gasteiger partial charge on any atom is 0.416 e. The summed E-state index contributed by atoms with van der Waals surface area (Å²) in [5.74, 6) is -0.717. The third-order valence-corrected chi connectivity index (χ3v) is 4.98. The van der Waals surface area contributed by atoms with Crippen LogP contribution in [0.15, 0.2) is 54.6 Å². The topological polar surface area (TPSA) is 66.5 Å². The van der Waals surface area contributed by atoms with Crippen LogP contribution in [-0.4, -0.2) is 26.6 Å². The van der Waals surface area contributed by atoms with Gasteiger partial charge in [-0.15, -0.1) is 0 Å². The van der Waals surface area contributed by atoms with E-state index in [-0.39, 0.29) is 12.1 Å². The molecule has 2 rings (SSSR count). The molecule has 0 spiro atoms. The van der Waals surface area contributed by atoms with Crippen LogP contribution in [-0.2, 0) is 21.0 Å². The van der Waals surface area contributed by atoms with Gasteiger partial charge in [-0.1, -0.05) is 31.2 Å². The Morgan fingerprint density at radius 2 is 1.74 bits per heavy atom. The number of hydrogen-bond donors (Lipinski definition) is 1. The summed E-state index contributed by atoms with van der Waals surface area (Å²) in [7, 11) is -3.81. The van der Waals surface area contributed by atoms with Crippen molar-refractivity contribution >= 4 is 27.3 Å². The van der Waals surface area contributed by atoms with Crippen LogP contribution in [0.4, 0.5) is 24.5 Å². The first-order valence-electron chi connectivity index (χ1n) is 8.06. The molecule has 27 heavy (non-hydrogen) atoms. The van der Waals surface area contributed by atoms with Crippen molar-refractivity contribution in [3.8, 4) is 0 Å². The fourth-order valence-electron chi connectivity index (χ4n) is 2.63. The standard InChI is InChI=1S/C18H19F3N2O3S/c1-3-16(23(27(2,25)26)15-10-5-4-6-11-15)17(24)22-14-9-7-8-13(12-14)18(19,20)21/h4-12,16H,3H2,1-2H3,(H,22,24). The van der Waals surface area contributed by atoms with Crippen molar-refractivity contribution in [1.82, 2.24) is 0 Å². The van der Waals surface area contributed by atoms with E-state index in [1.165, 1.54) is 12.1 Å². The molecule has 0 heterocycles. The van der Waals surface area contributed by atoms with Crippen LogP contribution >= 0.6 is 0 Å². The molecule has 0 aromatic heterocycles. The van der Waals surface area contributed by atoms with Crippen LogP contribution in [0.2, 0.25) is 0 Å². The smallest absolute Gasteiger partial charge is 0.324 e. The second kappa shape index (κ2) is 7.99. The second-order valence-electron chi connectivity index (χ2n) is 5.89. The first kappa shape index (κ1) is 20.8. The van der Waals surface area contributed by atoms with Crippen molar-refractivity contribution in [2.24, 2.45) is 0 Å². The summed E-state index contributed by atoms with van der Waals surface area (Å²) >= 11 is 0. The molecule has 2 aromatic carbocycles. The van der Waals surface area contributed by atoms with Gasteiger partial charge in [0, 0.05) is 5.69 Å². The zero-order valence-corrected chi connectivity index (χ0v) is 15.5. The van der Waals surface area contributed by atoms with Gasteiger partial charge in [-0.05, 0) is 36.8 Å². The highest BCUT2D eigenvalue weighted by Gasteiger charge is 2.33. The Labute approximate surface area is 155 Å². The van der Waals surface area contributed by atoms with Crippen LogP contribution in [0.1, 0.15) is 18.9 Å². The minimum Gasteiger partial charge on any atom is -0.324 e. The van der Waals surface area contributed by atoms with Crippen molar-refractivity contribution in [3.63, 3.8) is 0 Å². The van der Waals surface area contributed by atoms with Crippen LogP contribution in [0, 0.1) is 0 Å². The first-order chi connectivity index (χ1) is 12.5. The molecule has 0 aliphatic carbocycles. The lowest BCUT2D eigenvalue weighted by atomic mass is 10.1. The average Bonchev–Trinajstić information content (AvgIpc) is 2.58. The number of sulfonamides is 1. The molecule has 9 heteroatoms. The Kier molecular flexibility index (Phi) is 6.15. The molecule has 2 aromatic rings. The average molecular weight is 400 g/mol. The predicted octanol–water partition coefficient (Wildman–Crippen LogP) is 3.89. The Hall–Kier alpha value is -2.55. The Bertz CT molecular complexity index is 900. The van der Waals surface area contributed by atoms with E-state index in [0.717, 1.165) is 22.7 Å². The molecule has 0 fully saturated rings. The van der Waals surface area contributed by atoms with E-state index in [4.69, 9.17) is 0 Å². The molecule has 0 radical (unpaired) electrons. The number of carbonyl (C=O) groups is 1. The minimum atomic E-state index is -4.55. The maximum atomic E-state index is 12.8. The van der Waals surface area contributed by atoms with Gasteiger partial charge >= 0.3 is 6.18 Å². The fraction of sp³-hybridized carbons (Fsp3) is 0.278. The first-order valence-corrected chi connectivity index (χ1v) is 9.91. The number of anilines is 2. The number of hydrogen-bond acceptors (Lipinski definition) is 3. The third kappa shape index (κ3) is 5.22. The van der Waals surface area contributed by atoms with Gasteiger partial charge in [-0.2, -0.15) is 13.2 Å². The quantitative estimate of drug-likeness (QED) is 0.800. The number of rotatable bonds is 6. The predicted molar refractivity (Wildman–Crippen MR) is 97.9 cm³/mol. The summed E-state index contributed by atoms with van der Waals surface area (Å²) in [4.78, 5) is 12.7. The van der Waals surface area contributed by atoms with E-state index in [1.54, 1.807) is 37.3 Å². The number of para-hydroxylation sites is 1. The van der Waals surface area contributed by atoms with E-state index in [0.29, 0.717) is 5.69 Å². The normalized spacial score (nSPS) is 13.1. The zero-order chi connectivity index (χ0) is 20.2. The Balaban J connectivity index is 2.34. The third-order valence-electron chi connectivity index (χ3n) is 3.80. The van der Waals surface area contributed by atoms with Gasteiger partial charge in [0.1, 0.15) is 6.04 Å². The molecule has 0 saturated heterocycles. The number of alkyl halides is 3. The largest absolute Gasteiger partial charge is 0.416 e. The molecule has 5 nitrogen and oxygen atoms in total. The molecule has 0 saturated carbocycles. The number of nitrogens with one attached hydrogen (secondary N) is 1. The minimum absolute atomic E-state index is 0.0604. The molecule has 1 unspecified atom stereocenters. The summed E-state index contributed by atoms with van der Waals surface area (Å²) in [5.41, 5.74) is -0.669. The number of benzene rings is 2. The van der Waals surface area contributed by atoms with Gasteiger partial charge < -0.3 is 5.32 Å². The van der Waals surface area contributed by atoms with Gasteiger partial charge in [-0.25, -0.2) is 8.42 Å². The highest BCUT2D eigenvalue weighted by atomic mass is 32.2. The van der Waals surface area contributed by atoms with E-state index >= 15 is 0 Å². The van der Waals surface area contributed by atoms with Gasteiger partial charge in [0.15, 0.2) is 0 Å². The summed E-state index contributed by atoms with van der Waals surface area (Å²) < 4.78 is 64.0. The van der Waals surface area contributed by atoms with Gasteiger partial charge in [0.25, 0.3) is 0 Å². The van der Waals surface area contributed by atoms with Crippen LogP contribution in [0.5, 0.6) is 0 Å². The summed E-state index contributed by atoms with van der Waals surface area (Å²) in [6.45, 7) is 1.62. The van der Waals surface area contributed by atoms with Gasteiger partial charge in [0.2, 0.25) is 15.9 Å². The maximum absolute atomic E-state index is 12.8. The molecule has 0 bridgehead atoms. The summed E-state index contributed by atoms with van der Waals surface area (Å²) in [6, 6.07) is 11.1. The molecular weight excluding hydrogens is 381 g/mol. The monoisotopic (exact) mass is 400 g/mol. The molecule has 1 N–H and O–H groups in total. The van der Waals surface area contributed by atoms with Gasteiger partial charge in [0.05, 0.1) is 17.5 Å². The lowest BCUT2D eigenvalue weighted by molar-refractivity contribution is -0.137. The lowest BCUT2D eigenvalue weighted by Gasteiger charge is -2.30.